The number of hydrogen-bond donors (Lipinski definition) is 2. The molecule has 0 aromatic heterocycles. The maximum absolute atomic E-state index is 12.1. The molecule has 0 spiro atoms. The standard InChI is InChI=1S/C19H24N2O3.ClH/c1-13(20)19(22)21-16(15-7-5-4-6-8-15)11-14-9-10-17(23-2)18(12-14)24-3;/h4-10,12-13,16H,11,20H2,1-3H3,(H,21,22);1H/t13-,16?;/m0./s1. The number of benzene rings is 2. The molecule has 1 unspecified atom stereocenters. The van der Waals surface area contributed by atoms with Gasteiger partial charge in [-0.05, 0) is 36.6 Å². The van der Waals surface area contributed by atoms with Crippen LogP contribution in [0.5, 0.6) is 11.5 Å². The Morgan fingerprint density at radius 3 is 2.28 bits per heavy atom. The van der Waals surface area contributed by atoms with Gasteiger partial charge in [0.2, 0.25) is 5.91 Å². The van der Waals surface area contributed by atoms with Crippen molar-refractivity contribution in [3.05, 3.63) is 59.7 Å². The van der Waals surface area contributed by atoms with Gasteiger partial charge in [0.15, 0.2) is 11.5 Å². The van der Waals surface area contributed by atoms with Gasteiger partial charge in [-0.25, -0.2) is 0 Å². The zero-order chi connectivity index (χ0) is 17.5. The average molecular weight is 365 g/mol. The third kappa shape index (κ3) is 5.66. The topological polar surface area (TPSA) is 73.6 Å². The molecule has 0 saturated heterocycles. The molecule has 1 amide bonds. The zero-order valence-electron chi connectivity index (χ0n) is 14.7. The van der Waals surface area contributed by atoms with E-state index in [2.05, 4.69) is 5.32 Å². The van der Waals surface area contributed by atoms with Crippen molar-refractivity contribution in [2.24, 2.45) is 5.73 Å². The fourth-order valence-corrected chi connectivity index (χ4v) is 2.48. The molecular formula is C19H25ClN2O3. The summed E-state index contributed by atoms with van der Waals surface area (Å²) in [6, 6.07) is 14.9. The Labute approximate surface area is 154 Å². The maximum Gasteiger partial charge on any atom is 0.237 e. The van der Waals surface area contributed by atoms with Crippen LogP contribution in [-0.2, 0) is 11.2 Å². The van der Waals surface area contributed by atoms with Crippen molar-refractivity contribution in [3.63, 3.8) is 0 Å². The molecule has 0 fully saturated rings. The predicted molar refractivity (Wildman–Crippen MR) is 101 cm³/mol. The lowest BCUT2D eigenvalue weighted by atomic mass is 9.98. The van der Waals surface area contributed by atoms with Gasteiger partial charge in [-0.15, -0.1) is 12.4 Å². The second-order valence-electron chi connectivity index (χ2n) is 5.65. The molecule has 0 aliphatic rings. The van der Waals surface area contributed by atoms with Crippen LogP contribution in [0.4, 0.5) is 0 Å². The van der Waals surface area contributed by atoms with Gasteiger partial charge >= 0.3 is 0 Å². The molecule has 2 aromatic carbocycles. The van der Waals surface area contributed by atoms with Crippen molar-refractivity contribution in [1.82, 2.24) is 5.32 Å². The van der Waals surface area contributed by atoms with E-state index >= 15 is 0 Å². The van der Waals surface area contributed by atoms with Gasteiger partial charge in [-0.3, -0.25) is 4.79 Å². The summed E-state index contributed by atoms with van der Waals surface area (Å²) in [7, 11) is 3.21. The number of ether oxygens (including phenoxy) is 2. The maximum atomic E-state index is 12.1. The van der Waals surface area contributed by atoms with Crippen molar-refractivity contribution in [2.45, 2.75) is 25.4 Å². The minimum atomic E-state index is -0.554. The first-order chi connectivity index (χ1) is 11.5. The number of rotatable bonds is 7. The monoisotopic (exact) mass is 364 g/mol. The highest BCUT2D eigenvalue weighted by Crippen LogP contribution is 2.29. The molecule has 0 bridgehead atoms. The first kappa shape index (κ1) is 20.8. The number of halogens is 1. The summed E-state index contributed by atoms with van der Waals surface area (Å²) in [6.07, 6.45) is 0.628. The molecule has 0 aliphatic carbocycles. The van der Waals surface area contributed by atoms with E-state index in [9.17, 15) is 4.79 Å². The number of carbonyl (C=O) groups excluding carboxylic acids is 1. The Morgan fingerprint density at radius 1 is 1.08 bits per heavy atom. The van der Waals surface area contributed by atoms with E-state index in [0.29, 0.717) is 17.9 Å². The Hall–Kier alpha value is -2.24. The van der Waals surface area contributed by atoms with Crippen LogP contribution in [0.1, 0.15) is 24.1 Å². The van der Waals surface area contributed by atoms with Crippen LogP contribution in [0.2, 0.25) is 0 Å². The normalized spacial score (nSPS) is 12.5. The van der Waals surface area contributed by atoms with Crippen molar-refractivity contribution in [3.8, 4) is 11.5 Å². The van der Waals surface area contributed by atoms with E-state index in [4.69, 9.17) is 15.2 Å². The fourth-order valence-electron chi connectivity index (χ4n) is 2.48. The molecule has 2 rings (SSSR count). The van der Waals surface area contributed by atoms with E-state index in [1.807, 2.05) is 48.5 Å². The van der Waals surface area contributed by atoms with E-state index in [0.717, 1.165) is 11.1 Å². The highest BCUT2D eigenvalue weighted by atomic mass is 35.5. The van der Waals surface area contributed by atoms with E-state index in [1.165, 1.54) is 0 Å². The Bertz CT molecular complexity index is 678. The quantitative estimate of drug-likeness (QED) is 0.792. The van der Waals surface area contributed by atoms with Gasteiger partial charge in [0.05, 0.1) is 26.3 Å². The molecule has 136 valence electrons. The fraction of sp³-hybridized carbons (Fsp3) is 0.316. The second kappa shape index (κ2) is 9.91. The van der Waals surface area contributed by atoms with Crippen molar-refractivity contribution in [2.75, 3.05) is 14.2 Å². The van der Waals surface area contributed by atoms with Crippen molar-refractivity contribution in [1.29, 1.82) is 0 Å². The van der Waals surface area contributed by atoms with Crippen LogP contribution in [0.25, 0.3) is 0 Å². The number of amides is 1. The summed E-state index contributed by atoms with van der Waals surface area (Å²) < 4.78 is 10.6. The number of nitrogens with two attached hydrogens (primary N) is 1. The molecule has 3 N–H and O–H groups in total. The van der Waals surface area contributed by atoms with Gasteiger partial charge in [-0.1, -0.05) is 36.4 Å². The van der Waals surface area contributed by atoms with Crippen LogP contribution in [0, 0.1) is 0 Å². The minimum absolute atomic E-state index is 0. The summed E-state index contributed by atoms with van der Waals surface area (Å²) >= 11 is 0. The molecular weight excluding hydrogens is 340 g/mol. The van der Waals surface area contributed by atoms with Crippen LogP contribution in [0.15, 0.2) is 48.5 Å². The molecule has 0 saturated carbocycles. The van der Waals surface area contributed by atoms with Crippen LogP contribution < -0.4 is 20.5 Å². The van der Waals surface area contributed by atoms with Gasteiger partial charge in [0.25, 0.3) is 0 Å². The largest absolute Gasteiger partial charge is 0.493 e. The van der Waals surface area contributed by atoms with Crippen molar-refractivity contribution >= 4 is 18.3 Å². The van der Waals surface area contributed by atoms with Gasteiger partial charge in [0.1, 0.15) is 0 Å². The lowest BCUT2D eigenvalue weighted by Crippen LogP contribution is -2.40. The predicted octanol–water partition coefficient (Wildman–Crippen LogP) is 2.87. The number of nitrogens with one attached hydrogen (secondary N) is 1. The van der Waals surface area contributed by atoms with Gasteiger partial charge < -0.3 is 20.5 Å². The third-order valence-electron chi connectivity index (χ3n) is 3.82. The lowest BCUT2D eigenvalue weighted by Gasteiger charge is -2.21. The Kier molecular flexibility index (Phi) is 8.25. The van der Waals surface area contributed by atoms with E-state index in [-0.39, 0.29) is 24.4 Å². The highest BCUT2D eigenvalue weighted by Gasteiger charge is 2.18. The molecule has 2 atom stereocenters. The number of hydrogen-bond acceptors (Lipinski definition) is 4. The lowest BCUT2D eigenvalue weighted by molar-refractivity contribution is -0.122. The van der Waals surface area contributed by atoms with Crippen LogP contribution in [-0.4, -0.2) is 26.2 Å². The average Bonchev–Trinajstić information content (AvgIpc) is 2.61. The Morgan fingerprint density at radius 2 is 1.72 bits per heavy atom. The second-order valence-corrected chi connectivity index (χ2v) is 5.65. The van der Waals surface area contributed by atoms with Crippen molar-refractivity contribution < 1.29 is 14.3 Å². The summed E-state index contributed by atoms with van der Waals surface area (Å²) in [6.45, 7) is 1.67. The van der Waals surface area contributed by atoms with E-state index in [1.54, 1.807) is 21.1 Å². The Balaban J connectivity index is 0.00000312. The van der Waals surface area contributed by atoms with E-state index < -0.39 is 6.04 Å². The molecule has 5 nitrogen and oxygen atoms in total. The molecule has 0 aliphatic heterocycles. The van der Waals surface area contributed by atoms with Crippen LogP contribution in [0.3, 0.4) is 0 Å². The van der Waals surface area contributed by atoms with Crippen LogP contribution >= 0.6 is 12.4 Å². The molecule has 6 heteroatoms. The highest BCUT2D eigenvalue weighted by molar-refractivity contribution is 5.85. The molecule has 25 heavy (non-hydrogen) atoms. The zero-order valence-corrected chi connectivity index (χ0v) is 15.5. The van der Waals surface area contributed by atoms with Gasteiger partial charge in [-0.2, -0.15) is 0 Å². The smallest absolute Gasteiger partial charge is 0.237 e. The van der Waals surface area contributed by atoms with Gasteiger partial charge in [0, 0.05) is 0 Å². The number of carbonyl (C=O) groups is 1. The first-order valence-electron chi connectivity index (χ1n) is 7.87. The summed E-state index contributed by atoms with van der Waals surface area (Å²) in [5.41, 5.74) is 7.75. The first-order valence-corrected chi connectivity index (χ1v) is 7.87. The SMILES string of the molecule is COc1ccc(CC(NC(=O)[C@H](C)N)c2ccccc2)cc1OC.Cl. The third-order valence-corrected chi connectivity index (χ3v) is 3.82. The molecule has 2 aromatic rings. The summed E-state index contributed by atoms with van der Waals surface area (Å²) in [5.74, 6) is 1.17. The minimum Gasteiger partial charge on any atom is -0.493 e. The summed E-state index contributed by atoms with van der Waals surface area (Å²) in [5, 5.41) is 3.01. The summed E-state index contributed by atoms with van der Waals surface area (Å²) in [4.78, 5) is 12.1. The number of methoxy groups -OCH3 is 2. The molecule has 0 radical (unpaired) electrons. The molecule has 0 heterocycles.